The molecule has 0 fully saturated rings. The van der Waals surface area contributed by atoms with Gasteiger partial charge in [0, 0.05) is 19.6 Å². The minimum atomic E-state index is -0.0708. The van der Waals surface area contributed by atoms with Crippen LogP contribution in [0.4, 0.5) is 0 Å². The van der Waals surface area contributed by atoms with Crippen molar-refractivity contribution in [1.29, 1.82) is 0 Å². The van der Waals surface area contributed by atoms with E-state index >= 15 is 0 Å². The van der Waals surface area contributed by atoms with Crippen LogP contribution in [-0.4, -0.2) is 25.8 Å². The molecule has 0 heterocycles. The number of likely N-dealkylation sites (N-methyl/N-ethyl adjacent to an activating group) is 1. The normalized spacial score (nSPS) is 13.2. The maximum absolute atomic E-state index is 5.66. The van der Waals surface area contributed by atoms with E-state index in [9.17, 15) is 0 Å². The van der Waals surface area contributed by atoms with Crippen LogP contribution in [0.1, 0.15) is 40.0 Å². The Morgan fingerprint density at radius 2 is 1.93 bits per heavy atom. The molecule has 0 aliphatic rings. The summed E-state index contributed by atoms with van der Waals surface area (Å²) in [5.41, 5.74) is -0.0708. The second kappa shape index (κ2) is 6.86. The summed E-state index contributed by atoms with van der Waals surface area (Å²) in [5, 5.41) is 3.30. The van der Waals surface area contributed by atoms with Crippen LogP contribution in [0.3, 0.4) is 0 Å². The quantitative estimate of drug-likeness (QED) is 0.659. The molecule has 0 aliphatic heterocycles. The third kappa shape index (κ3) is 3.01. The molecule has 0 amide bonds. The summed E-state index contributed by atoms with van der Waals surface area (Å²) in [4.78, 5) is 0. The Balaban J connectivity index is 4.61. The van der Waals surface area contributed by atoms with Crippen LogP contribution in [0.5, 0.6) is 0 Å². The first-order chi connectivity index (χ1) is 6.70. The van der Waals surface area contributed by atoms with Crippen molar-refractivity contribution in [2.24, 2.45) is 0 Å². The van der Waals surface area contributed by atoms with Crippen molar-refractivity contribution in [3.05, 3.63) is 0 Å². The lowest BCUT2D eigenvalue weighted by Gasteiger charge is -2.37. The fraction of sp³-hybridized carbons (Fsp3) is 0.833. The van der Waals surface area contributed by atoms with E-state index in [4.69, 9.17) is 4.74 Å². The highest BCUT2D eigenvalue weighted by Crippen LogP contribution is 2.25. The summed E-state index contributed by atoms with van der Waals surface area (Å²) in [7, 11) is 3.76. The number of hydrogen-bond donors (Lipinski definition) is 1. The summed E-state index contributed by atoms with van der Waals surface area (Å²) in [6, 6.07) is 0.315. The van der Waals surface area contributed by atoms with Gasteiger partial charge in [0.1, 0.15) is 0 Å². The van der Waals surface area contributed by atoms with Crippen LogP contribution < -0.4 is 5.32 Å². The first-order valence-corrected chi connectivity index (χ1v) is 5.32. The molecule has 2 heteroatoms. The molecule has 82 valence electrons. The van der Waals surface area contributed by atoms with E-state index in [-0.39, 0.29) is 5.60 Å². The average molecular weight is 197 g/mol. The molecule has 0 bridgehead atoms. The van der Waals surface area contributed by atoms with Crippen LogP contribution in [0, 0.1) is 11.8 Å². The molecule has 0 rings (SSSR count). The summed E-state index contributed by atoms with van der Waals surface area (Å²) in [6.07, 6.45) is 2.87. The van der Waals surface area contributed by atoms with E-state index in [1.54, 1.807) is 7.11 Å². The van der Waals surface area contributed by atoms with E-state index in [1.165, 1.54) is 0 Å². The molecule has 0 saturated carbocycles. The van der Waals surface area contributed by atoms with Gasteiger partial charge in [-0.05, 0) is 26.8 Å². The molecule has 0 aromatic carbocycles. The summed E-state index contributed by atoms with van der Waals surface area (Å²) < 4.78 is 5.66. The second-order valence-corrected chi connectivity index (χ2v) is 3.45. The summed E-state index contributed by atoms with van der Waals surface area (Å²) in [6.45, 7) is 6.20. The zero-order valence-electron chi connectivity index (χ0n) is 10.1. The van der Waals surface area contributed by atoms with E-state index in [1.807, 2.05) is 14.0 Å². The van der Waals surface area contributed by atoms with E-state index in [2.05, 4.69) is 31.0 Å². The summed E-state index contributed by atoms with van der Waals surface area (Å²) in [5.74, 6) is 6.05. The van der Waals surface area contributed by atoms with Gasteiger partial charge in [0.2, 0.25) is 0 Å². The first-order valence-electron chi connectivity index (χ1n) is 5.32. The van der Waals surface area contributed by atoms with Crippen LogP contribution in [0.15, 0.2) is 0 Å². The minimum Gasteiger partial charge on any atom is -0.377 e. The molecule has 1 unspecified atom stereocenters. The predicted molar refractivity (Wildman–Crippen MR) is 61.2 cm³/mol. The predicted octanol–water partition coefficient (Wildman–Crippen LogP) is 2.19. The Hall–Kier alpha value is -0.520. The maximum Gasteiger partial charge on any atom is 0.0834 e. The van der Waals surface area contributed by atoms with Gasteiger partial charge in [-0.1, -0.05) is 13.8 Å². The Kier molecular flexibility index (Phi) is 6.61. The van der Waals surface area contributed by atoms with Gasteiger partial charge in [-0.2, -0.15) is 0 Å². The molecule has 0 aromatic heterocycles. The second-order valence-electron chi connectivity index (χ2n) is 3.45. The van der Waals surface area contributed by atoms with Crippen LogP contribution >= 0.6 is 0 Å². The minimum absolute atomic E-state index is 0.0708. The zero-order chi connectivity index (χ0) is 11.0. The number of ether oxygens (including phenoxy) is 1. The summed E-state index contributed by atoms with van der Waals surface area (Å²) >= 11 is 0. The van der Waals surface area contributed by atoms with Gasteiger partial charge in [-0.3, -0.25) is 0 Å². The van der Waals surface area contributed by atoms with Crippen molar-refractivity contribution in [2.75, 3.05) is 14.2 Å². The monoisotopic (exact) mass is 197 g/mol. The highest BCUT2D eigenvalue weighted by Gasteiger charge is 2.34. The van der Waals surface area contributed by atoms with Crippen LogP contribution in [0.2, 0.25) is 0 Å². The van der Waals surface area contributed by atoms with Gasteiger partial charge in [0.15, 0.2) is 0 Å². The SMILES string of the molecule is CC#CCC(NC)C(CC)(CC)OC. The molecule has 0 aromatic rings. The average Bonchev–Trinajstić information content (AvgIpc) is 2.25. The molecule has 2 nitrogen and oxygen atoms in total. The number of rotatable bonds is 6. The van der Waals surface area contributed by atoms with E-state index < -0.39 is 0 Å². The van der Waals surface area contributed by atoms with Crippen molar-refractivity contribution < 1.29 is 4.74 Å². The number of methoxy groups -OCH3 is 1. The molecular formula is C12H23NO. The largest absolute Gasteiger partial charge is 0.377 e. The van der Waals surface area contributed by atoms with Crippen LogP contribution in [-0.2, 0) is 4.74 Å². The molecular weight excluding hydrogens is 174 g/mol. The zero-order valence-corrected chi connectivity index (χ0v) is 10.1. The van der Waals surface area contributed by atoms with Crippen molar-refractivity contribution in [1.82, 2.24) is 5.32 Å². The van der Waals surface area contributed by atoms with Gasteiger partial charge in [-0.15, -0.1) is 11.8 Å². The molecule has 0 radical (unpaired) electrons. The topological polar surface area (TPSA) is 21.3 Å². The van der Waals surface area contributed by atoms with Crippen molar-refractivity contribution in [2.45, 2.75) is 51.7 Å². The Morgan fingerprint density at radius 1 is 1.36 bits per heavy atom. The standard InChI is InChI=1S/C12H23NO/c1-6-9-10-11(13-4)12(7-2,8-3)14-5/h11,13H,7-8,10H2,1-5H3. The Morgan fingerprint density at radius 3 is 2.21 bits per heavy atom. The molecule has 0 saturated heterocycles. The smallest absolute Gasteiger partial charge is 0.0834 e. The molecule has 14 heavy (non-hydrogen) atoms. The lowest BCUT2D eigenvalue weighted by molar-refractivity contribution is -0.0442. The molecule has 0 spiro atoms. The molecule has 1 N–H and O–H groups in total. The van der Waals surface area contributed by atoms with Gasteiger partial charge in [-0.25, -0.2) is 0 Å². The van der Waals surface area contributed by atoms with Gasteiger partial charge in [0.05, 0.1) is 5.60 Å². The van der Waals surface area contributed by atoms with Crippen LogP contribution in [0.25, 0.3) is 0 Å². The van der Waals surface area contributed by atoms with Gasteiger partial charge < -0.3 is 10.1 Å². The highest BCUT2D eigenvalue weighted by atomic mass is 16.5. The van der Waals surface area contributed by atoms with Crippen molar-refractivity contribution >= 4 is 0 Å². The third-order valence-electron chi connectivity index (χ3n) is 3.07. The lowest BCUT2D eigenvalue weighted by atomic mass is 9.86. The number of nitrogens with one attached hydrogen (secondary N) is 1. The lowest BCUT2D eigenvalue weighted by Crippen LogP contribution is -2.50. The Labute approximate surface area is 88.4 Å². The maximum atomic E-state index is 5.66. The van der Waals surface area contributed by atoms with Crippen molar-refractivity contribution in [3.8, 4) is 11.8 Å². The highest BCUT2D eigenvalue weighted by molar-refractivity contribution is 5.03. The first kappa shape index (κ1) is 13.5. The fourth-order valence-corrected chi connectivity index (χ4v) is 1.93. The third-order valence-corrected chi connectivity index (χ3v) is 3.07. The fourth-order valence-electron chi connectivity index (χ4n) is 1.93. The number of hydrogen-bond acceptors (Lipinski definition) is 2. The Bertz CT molecular complexity index is 190. The van der Waals surface area contributed by atoms with E-state index in [0.29, 0.717) is 6.04 Å². The van der Waals surface area contributed by atoms with E-state index in [0.717, 1.165) is 19.3 Å². The molecule has 0 aliphatic carbocycles. The van der Waals surface area contributed by atoms with Gasteiger partial charge in [0.25, 0.3) is 0 Å². The molecule has 1 atom stereocenters. The van der Waals surface area contributed by atoms with Gasteiger partial charge >= 0.3 is 0 Å². The van der Waals surface area contributed by atoms with Crippen molar-refractivity contribution in [3.63, 3.8) is 0 Å².